The zero-order chi connectivity index (χ0) is 15.6. The number of rotatable bonds is 4. The van der Waals surface area contributed by atoms with Crippen LogP contribution in [0, 0.1) is 0 Å². The lowest BCUT2D eigenvalue weighted by Gasteiger charge is -2.33. The molecule has 1 heterocycles. The molecular formula is C13H21N3O5. The lowest BCUT2D eigenvalue weighted by Crippen LogP contribution is -2.53. The van der Waals surface area contributed by atoms with Crippen molar-refractivity contribution < 1.29 is 24.6 Å². The average molecular weight is 299 g/mol. The lowest BCUT2D eigenvalue weighted by molar-refractivity contribution is -0.141. The molecule has 21 heavy (non-hydrogen) atoms. The van der Waals surface area contributed by atoms with E-state index in [2.05, 4.69) is 0 Å². The molecule has 0 spiro atoms. The van der Waals surface area contributed by atoms with Crippen molar-refractivity contribution in [3.63, 3.8) is 0 Å². The molecule has 8 heteroatoms. The van der Waals surface area contributed by atoms with E-state index in [1.807, 2.05) is 0 Å². The molecule has 1 aliphatic heterocycles. The molecule has 4 N–H and O–H groups in total. The number of nitrogens with two attached hydrogens (primary N) is 1. The minimum Gasteiger partial charge on any atom is -0.480 e. The van der Waals surface area contributed by atoms with Gasteiger partial charge in [0.1, 0.15) is 12.6 Å². The van der Waals surface area contributed by atoms with E-state index in [1.165, 1.54) is 4.90 Å². The highest BCUT2D eigenvalue weighted by atomic mass is 16.4. The molecule has 3 amide bonds. The number of carboxylic acid groups (broad SMARTS) is 1. The van der Waals surface area contributed by atoms with E-state index in [9.17, 15) is 19.5 Å². The first-order valence-corrected chi connectivity index (χ1v) is 7.16. The molecule has 1 unspecified atom stereocenters. The fraction of sp³-hybridized carbons (Fsp3) is 0.769. The Morgan fingerprint density at radius 2 is 1.86 bits per heavy atom. The van der Waals surface area contributed by atoms with E-state index in [4.69, 9.17) is 10.8 Å². The predicted octanol–water partition coefficient (Wildman–Crippen LogP) is -0.644. The van der Waals surface area contributed by atoms with Crippen LogP contribution in [0.15, 0.2) is 0 Å². The summed E-state index contributed by atoms with van der Waals surface area (Å²) in [5.74, 6) is -1.77. The van der Waals surface area contributed by atoms with Gasteiger partial charge in [-0.25, -0.2) is 9.59 Å². The Kier molecular flexibility index (Phi) is 4.66. The van der Waals surface area contributed by atoms with Gasteiger partial charge in [0.05, 0.1) is 6.10 Å². The van der Waals surface area contributed by atoms with Crippen LogP contribution >= 0.6 is 0 Å². The quantitative estimate of drug-likeness (QED) is 0.636. The van der Waals surface area contributed by atoms with Crippen molar-refractivity contribution in [1.82, 2.24) is 9.80 Å². The van der Waals surface area contributed by atoms with E-state index in [-0.39, 0.29) is 25.6 Å². The van der Waals surface area contributed by atoms with Gasteiger partial charge in [0.25, 0.3) is 0 Å². The Morgan fingerprint density at radius 1 is 1.24 bits per heavy atom. The fourth-order valence-corrected chi connectivity index (χ4v) is 3.16. The Morgan fingerprint density at radius 3 is 2.38 bits per heavy atom. The largest absolute Gasteiger partial charge is 0.480 e. The number of carboxylic acids is 1. The van der Waals surface area contributed by atoms with Gasteiger partial charge in [-0.15, -0.1) is 0 Å². The molecule has 2 aliphatic rings. The standard InChI is InChI=1S/C13H21N3O5/c14-11(18)7-15(8-3-1-2-4-8)13(21)16-6-9(17)5-10(16)12(19)20/h8-10,17H,1-7H2,(H2,14,18)(H,19,20)/t9?,10-/m0/s1. The highest BCUT2D eigenvalue weighted by Crippen LogP contribution is 2.27. The van der Waals surface area contributed by atoms with Crippen molar-refractivity contribution >= 4 is 17.9 Å². The smallest absolute Gasteiger partial charge is 0.326 e. The van der Waals surface area contributed by atoms with Crippen LogP contribution in [-0.4, -0.2) is 69.2 Å². The summed E-state index contributed by atoms with van der Waals surface area (Å²) in [6.45, 7) is -0.250. The lowest BCUT2D eigenvalue weighted by atomic mass is 10.2. The summed E-state index contributed by atoms with van der Waals surface area (Å²) in [6, 6.07) is -1.66. The van der Waals surface area contributed by atoms with Gasteiger partial charge in [-0.3, -0.25) is 4.79 Å². The van der Waals surface area contributed by atoms with E-state index < -0.39 is 30.1 Å². The molecule has 0 aromatic carbocycles. The highest BCUT2D eigenvalue weighted by molar-refractivity contribution is 5.87. The molecule has 8 nitrogen and oxygen atoms in total. The zero-order valence-electron chi connectivity index (χ0n) is 11.8. The second-order valence-corrected chi connectivity index (χ2v) is 5.71. The Balaban J connectivity index is 2.16. The number of amides is 3. The molecule has 2 atom stereocenters. The number of carbonyl (C=O) groups is 3. The Hall–Kier alpha value is -1.83. The topological polar surface area (TPSA) is 124 Å². The number of aliphatic hydroxyl groups is 1. The van der Waals surface area contributed by atoms with Gasteiger partial charge in [0, 0.05) is 19.0 Å². The molecule has 1 saturated heterocycles. The molecule has 1 saturated carbocycles. The first kappa shape index (κ1) is 15.6. The van der Waals surface area contributed by atoms with Gasteiger partial charge in [0.2, 0.25) is 5.91 Å². The molecule has 118 valence electrons. The molecular weight excluding hydrogens is 278 g/mol. The van der Waals surface area contributed by atoms with Gasteiger partial charge in [-0.05, 0) is 12.8 Å². The first-order chi connectivity index (χ1) is 9.90. The van der Waals surface area contributed by atoms with Gasteiger partial charge < -0.3 is 25.7 Å². The van der Waals surface area contributed by atoms with E-state index in [0.717, 1.165) is 30.6 Å². The number of hydrogen-bond donors (Lipinski definition) is 3. The molecule has 0 bridgehead atoms. The van der Waals surface area contributed by atoms with Crippen LogP contribution in [0.5, 0.6) is 0 Å². The molecule has 0 aromatic rings. The second kappa shape index (κ2) is 6.30. The number of carbonyl (C=O) groups excluding carboxylic acids is 2. The number of urea groups is 1. The van der Waals surface area contributed by atoms with Crippen LogP contribution in [0.3, 0.4) is 0 Å². The normalized spacial score (nSPS) is 26.0. The zero-order valence-corrected chi connectivity index (χ0v) is 11.8. The summed E-state index contributed by atoms with van der Waals surface area (Å²) in [5.41, 5.74) is 5.20. The number of hydrogen-bond acceptors (Lipinski definition) is 4. The maximum absolute atomic E-state index is 12.6. The minimum atomic E-state index is -1.15. The van der Waals surface area contributed by atoms with Gasteiger partial charge in [-0.2, -0.15) is 0 Å². The third-order valence-electron chi connectivity index (χ3n) is 4.15. The third-order valence-corrected chi connectivity index (χ3v) is 4.15. The maximum Gasteiger partial charge on any atom is 0.326 e. The molecule has 2 fully saturated rings. The van der Waals surface area contributed by atoms with Crippen LogP contribution in [0.2, 0.25) is 0 Å². The van der Waals surface area contributed by atoms with Crippen LogP contribution in [-0.2, 0) is 9.59 Å². The number of likely N-dealkylation sites (tertiary alicyclic amines) is 1. The van der Waals surface area contributed by atoms with Crippen molar-refractivity contribution in [2.75, 3.05) is 13.1 Å². The number of β-amino-alcohol motifs (C(OH)–C–C–N with tert-alkyl or cyclic N) is 1. The SMILES string of the molecule is NC(=O)CN(C(=O)N1CC(O)C[C@H]1C(=O)O)C1CCCC1. The number of primary amides is 1. The molecule has 1 aliphatic carbocycles. The number of nitrogens with zero attached hydrogens (tertiary/aromatic N) is 2. The second-order valence-electron chi connectivity index (χ2n) is 5.71. The summed E-state index contributed by atoms with van der Waals surface area (Å²) in [7, 11) is 0. The molecule has 2 rings (SSSR count). The van der Waals surface area contributed by atoms with Crippen molar-refractivity contribution in [2.24, 2.45) is 5.73 Å². The monoisotopic (exact) mass is 299 g/mol. The summed E-state index contributed by atoms with van der Waals surface area (Å²) < 4.78 is 0. The van der Waals surface area contributed by atoms with Crippen molar-refractivity contribution in [3.05, 3.63) is 0 Å². The van der Waals surface area contributed by atoms with Gasteiger partial charge in [-0.1, -0.05) is 12.8 Å². The summed E-state index contributed by atoms with van der Waals surface area (Å²) in [6.07, 6.45) is 2.67. The maximum atomic E-state index is 12.6. The summed E-state index contributed by atoms with van der Waals surface area (Å²) >= 11 is 0. The third kappa shape index (κ3) is 3.44. The van der Waals surface area contributed by atoms with Crippen LogP contribution < -0.4 is 5.73 Å². The van der Waals surface area contributed by atoms with E-state index in [1.54, 1.807) is 0 Å². The number of aliphatic hydroxyl groups excluding tert-OH is 1. The summed E-state index contributed by atoms with van der Waals surface area (Å²) in [5, 5.41) is 18.8. The van der Waals surface area contributed by atoms with Crippen LogP contribution in [0.25, 0.3) is 0 Å². The average Bonchev–Trinajstić information content (AvgIpc) is 3.03. The van der Waals surface area contributed by atoms with E-state index in [0.29, 0.717) is 0 Å². The van der Waals surface area contributed by atoms with Crippen molar-refractivity contribution in [2.45, 2.75) is 50.3 Å². The molecule has 0 radical (unpaired) electrons. The van der Waals surface area contributed by atoms with Crippen molar-refractivity contribution in [1.29, 1.82) is 0 Å². The van der Waals surface area contributed by atoms with Crippen molar-refractivity contribution in [3.8, 4) is 0 Å². The Labute approximate surface area is 122 Å². The minimum absolute atomic E-state index is 0.0101. The number of aliphatic carboxylic acids is 1. The molecule has 0 aromatic heterocycles. The predicted molar refractivity (Wildman–Crippen MR) is 72.3 cm³/mol. The Bertz CT molecular complexity index is 436. The van der Waals surface area contributed by atoms with E-state index >= 15 is 0 Å². The van der Waals surface area contributed by atoms with Gasteiger partial charge in [0.15, 0.2) is 0 Å². The van der Waals surface area contributed by atoms with Crippen LogP contribution in [0.4, 0.5) is 4.79 Å². The fourth-order valence-electron chi connectivity index (χ4n) is 3.16. The van der Waals surface area contributed by atoms with Gasteiger partial charge >= 0.3 is 12.0 Å². The highest BCUT2D eigenvalue weighted by Gasteiger charge is 2.42. The summed E-state index contributed by atoms with van der Waals surface area (Å²) in [4.78, 5) is 37.5. The van der Waals surface area contributed by atoms with Crippen LogP contribution in [0.1, 0.15) is 32.1 Å². The first-order valence-electron chi connectivity index (χ1n) is 7.16.